The van der Waals surface area contributed by atoms with Gasteiger partial charge in [-0.3, -0.25) is 0 Å². The molecule has 0 saturated carbocycles. The third-order valence-electron chi connectivity index (χ3n) is 3.34. The van der Waals surface area contributed by atoms with Gasteiger partial charge in [-0.2, -0.15) is 0 Å². The minimum Gasteiger partial charge on any atom is -0.462 e. The minimum absolute atomic E-state index is 0.285. The van der Waals surface area contributed by atoms with Crippen LogP contribution < -0.4 is 0 Å². The highest BCUT2D eigenvalue weighted by Gasteiger charge is 2.26. The predicted octanol–water partition coefficient (Wildman–Crippen LogP) is 4.95. The Bertz CT molecular complexity index is 827. The van der Waals surface area contributed by atoms with Gasteiger partial charge in [-0.1, -0.05) is 69.6 Å². The van der Waals surface area contributed by atoms with Crippen molar-refractivity contribution in [3.63, 3.8) is 0 Å². The van der Waals surface area contributed by atoms with Crippen LogP contribution in [0.2, 0.25) is 0 Å². The van der Waals surface area contributed by atoms with E-state index < -0.39 is 5.97 Å². The molecular formula is C18H14BrNO3. The van der Waals surface area contributed by atoms with Crippen molar-refractivity contribution in [1.29, 1.82) is 0 Å². The Morgan fingerprint density at radius 3 is 2.52 bits per heavy atom. The lowest BCUT2D eigenvalue weighted by molar-refractivity contribution is 0.0527. The maximum atomic E-state index is 12.5. The number of ether oxygens (including phenoxy) is 1. The largest absolute Gasteiger partial charge is 0.462 e. The molecule has 0 bridgehead atoms. The molecule has 2 aromatic carbocycles. The van der Waals surface area contributed by atoms with Gasteiger partial charge in [-0.25, -0.2) is 4.79 Å². The van der Waals surface area contributed by atoms with Crippen LogP contribution in [0.5, 0.6) is 0 Å². The molecular weight excluding hydrogens is 358 g/mol. The number of aromatic nitrogens is 1. The van der Waals surface area contributed by atoms with E-state index >= 15 is 0 Å². The fourth-order valence-electron chi connectivity index (χ4n) is 2.31. The van der Waals surface area contributed by atoms with Crippen molar-refractivity contribution in [2.24, 2.45) is 0 Å². The number of rotatable bonds is 4. The average Bonchev–Trinajstić information content (AvgIpc) is 3.01. The molecule has 0 saturated heterocycles. The molecule has 0 unspecified atom stereocenters. The maximum Gasteiger partial charge on any atom is 0.344 e. The van der Waals surface area contributed by atoms with Crippen molar-refractivity contribution < 1.29 is 14.1 Å². The summed E-state index contributed by atoms with van der Waals surface area (Å²) in [7, 11) is 0. The van der Waals surface area contributed by atoms with Crippen molar-refractivity contribution in [2.75, 3.05) is 6.61 Å². The monoisotopic (exact) mass is 371 g/mol. The molecule has 0 spiro atoms. The molecule has 3 rings (SSSR count). The Morgan fingerprint density at radius 1 is 1.13 bits per heavy atom. The standard InChI is InChI=1S/C18H14BrNO3/c1-2-22-18(21)15-16(13-10-6-7-11-14(13)19)20-23-17(15)12-8-4-3-5-9-12/h3-11H,2H2,1H3. The third-order valence-corrected chi connectivity index (χ3v) is 4.03. The van der Waals surface area contributed by atoms with E-state index in [1.807, 2.05) is 54.6 Å². The molecule has 23 heavy (non-hydrogen) atoms. The van der Waals surface area contributed by atoms with E-state index in [1.54, 1.807) is 6.92 Å². The van der Waals surface area contributed by atoms with Crippen LogP contribution in [0.25, 0.3) is 22.6 Å². The van der Waals surface area contributed by atoms with E-state index in [2.05, 4.69) is 21.1 Å². The van der Waals surface area contributed by atoms with Crippen molar-refractivity contribution in [2.45, 2.75) is 6.92 Å². The highest BCUT2D eigenvalue weighted by Crippen LogP contribution is 2.35. The second-order valence-corrected chi connectivity index (χ2v) is 5.66. The lowest BCUT2D eigenvalue weighted by Gasteiger charge is -2.05. The van der Waals surface area contributed by atoms with Crippen LogP contribution in [0.3, 0.4) is 0 Å². The van der Waals surface area contributed by atoms with Gasteiger partial charge in [0.05, 0.1) is 6.61 Å². The summed E-state index contributed by atoms with van der Waals surface area (Å²) in [5.74, 6) is -0.0341. The minimum atomic E-state index is -0.446. The summed E-state index contributed by atoms with van der Waals surface area (Å²) in [5, 5.41) is 4.12. The number of benzene rings is 2. The average molecular weight is 372 g/mol. The van der Waals surface area contributed by atoms with E-state index in [4.69, 9.17) is 9.26 Å². The summed E-state index contributed by atoms with van der Waals surface area (Å²) in [5.41, 5.74) is 2.36. The van der Waals surface area contributed by atoms with Gasteiger partial charge in [-0.15, -0.1) is 0 Å². The highest BCUT2D eigenvalue weighted by molar-refractivity contribution is 9.10. The Morgan fingerprint density at radius 2 is 1.83 bits per heavy atom. The number of carbonyl (C=O) groups excluding carboxylic acids is 1. The van der Waals surface area contributed by atoms with Crippen molar-refractivity contribution in [1.82, 2.24) is 5.16 Å². The SMILES string of the molecule is CCOC(=O)c1c(-c2ccccc2Br)noc1-c1ccccc1. The summed E-state index contributed by atoms with van der Waals surface area (Å²) in [4.78, 5) is 12.5. The predicted molar refractivity (Wildman–Crippen MR) is 91.0 cm³/mol. The first kappa shape index (κ1) is 15.5. The van der Waals surface area contributed by atoms with E-state index in [9.17, 15) is 4.79 Å². The maximum absolute atomic E-state index is 12.5. The summed E-state index contributed by atoms with van der Waals surface area (Å²) >= 11 is 3.49. The molecule has 0 aliphatic carbocycles. The summed E-state index contributed by atoms with van der Waals surface area (Å²) < 4.78 is 11.5. The fraction of sp³-hybridized carbons (Fsp3) is 0.111. The van der Waals surface area contributed by atoms with Gasteiger partial charge in [0.2, 0.25) is 0 Å². The van der Waals surface area contributed by atoms with Crippen LogP contribution in [-0.2, 0) is 4.74 Å². The zero-order valence-corrected chi connectivity index (χ0v) is 14.0. The van der Waals surface area contributed by atoms with Gasteiger partial charge in [0.1, 0.15) is 11.3 Å². The first-order valence-corrected chi connectivity index (χ1v) is 7.98. The quantitative estimate of drug-likeness (QED) is 0.609. The van der Waals surface area contributed by atoms with Gasteiger partial charge < -0.3 is 9.26 Å². The van der Waals surface area contributed by atoms with E-state index in [1.165, 1.54) is 0 Å². The molecule has 116 valence electrons. The van der Waals surface area contributed by atoms with Gasteiger partial charge in [0, 0.05) is 15.6 Å². The number of hydrogen-bond donors (Lipinski definition) is 0. The van der Waals surface area contributed by atoms with Crippen molar-refractivity contribution in [3.8, 4) is 22.6 Å². The third kappa shape index (κ3) is 3.05. The molecule has 3 aromatic rings. The normalized spacial score (nSPS) is 10.5. The second kappa shape index (κ2) is 6.79. The number of carbonyl (C=O) groups is 1. The van der Waals surface area contributed by atoms with Gasteiger partial charge in [-0.05, 0) is 13.0 Å². The van der Waals surface area contributed by atoms with Gasteiger partial charge in [0.25, 0.3) is 0 Å². The van der Waals surface area contributed by atoms with Crippen LogP contribution in [-0.4, -0.2) is 17.7 Å². The van der Waals surface area contributed by atoms with Crippen LogP contribution in [0.15, 0.2) is 63.6 Å². The molecule has 1 aromatic heterocycles. The molecule has 0 N–H and O–H groups in total. The van der Waals surface area contributed by atoms with Crippen LogP contribution in [0, 0.1) is 0 Å². The van der Waals surface area contributed by atoms with Crippen LogP contribution in [0.4, 0.5) is 0 Å². The van der Waals surface area contributed by atoms with Gasteiger partial charge >= 0.3 is 5.97 Å². The first-order valence-electron chi connectivity index (χ1n) is 7.19. The number of halogens is 1. The molecule has 1 heterocycles. The summed E-state index contributed by atoms with van der Waals surface area (Å²) in [6, 6.07) is 16.9. The lowest BCUT2D eigenvalue weighted by atomic mass is 10.0. The number of hydrogen-bond acceptors (Lipinski definition) is 4. The van der Waals surface area contributed by atoms with Crippen LogP contribution in [0.1, 0.15) is 17.3 Å². The molecule has 4 nitrogen and oxygen atoms in total. The topological polar surface area (TPSA) is 52.3 Å². The Balaban J connectivity index is 2.20. The molecule has 0 radical (unpaired) electrons. The zero-order valence-electron chi connectivity index (χ0n) is 12.5. The summed E-state index contributed by atoms with van der Waals surface area (Å²) in [6.45, 7) is 2.05. The summed E-state index contributed by atoms with van der Waals surface area (Å²) in [6.07, 6.45) is 0. The number of esters is 1. The highest BCUT2D eigenvalue weighted by atomic mass is 79.9. The van der Waals surface area contributed by atoms with E-state index in [0.29, 0.717) is 17.0 Å². The zero-order chi connectivity index (χ0) is 16.2. The van der Waals surface area contributed by atoms with E-state index in [-0.39, 0.29) is 6.61 Å². The lowest BCUT2D eigenvalue weighted by Crippen LogP contribution is -2.06. The number of nitrogens with zero attached hydrogens (tertiary/aromatic N) is 1. The smallest absolute Gasteiger partial charge is 0.344 e. The van der Waals surface area contributed by atoms with Crippen LogP contribution >= 0.6 is 15.9 Å². The molecule has 0 aliphatic rings. The molecule has 0 aliphatic heterocycles. The molecule has 0 fully saturated rings. The van der Waals surface area contributed by atoms with E-state index in [0.717, 1.165) is 15.6 Å². The first-order chi connectivity index (χ1) is 11.2. The Kier molecular flexibility index (Phi) is 4.57. The molecule has 5 heteroatoms. The Hall–Kier alpha value is -2.40. The van der Waals surface area contributed by atoms with Crippen molar-refractivity contribution >= 4 is 21.9 Å². The van der Waals surface area contributed by atoms with Gasteiger partial charge in [0.15, 0.2) is 5.76 Å². The second-order valence-electron chi connectivity index (χ2n) is 4.80. The Labute approximate surface area is 142 Å². The molecule has 0 amide bonds. The molecule has 0 atom stereocenters. The van der Waals surface area contributed by atoms with Crippen molar-refractivity contribution in [3.05, 3.63) is 64.6 Å². The fourth-order valence-corrected chi connectivity index (χ4v) is 2.78.